The second-order valence-corrected chi connectivity index (χ2v) is 11.6. The molecular formula is C28H24Cl3N3O7S. The van der Waals surface area contributed by atoms with Gasteiger partial charge < -0.3 is 18.6 Å². The Morgan fingerprint density at radius 2 is 1.55 bits per heavy atom. The SMILES string of the molecule is COc1ccc(S(=O)(=O)N(CC(=O)NN=Cc2ccc(-c3ccc(Cl)cc3Cl)o2)c2cc(Cl)ccc2OC)cc1OC. The molecule has 10 nitrogen and oxygen atoms in total. The molecule has 0 saturated heterocycles. The molecule has 0 spiro atoms. The highest BCUT2D eigenvalue weighted by Gasteiger charge is 2.30. The van der Waals surface area contributed by atoms with E-state index in [9.17, 15) is 13.2 Å². The molecular weight excluding hydrogens is 629 g/mol. The van der Waals surface area contributed by atoms with Crippen molar-refractivity contribution in [3.63, 3.8) is 0 Å². The Kier molecular flexibility index (Phi) is 9.89. The highest BCUT2D eigenvalue weighted by Crippen LogP contribution is 2.37. The maximum Gasteiger partial charge on any atom is 0.265 e. The van der Waals surface area contributed by atoms with E-state index < -0.39 is 22.5 Å². The van der Waals surface area contributed by atoms with Crippen molar-refractivity contribution in [2.45, 2.75) is 4.90 Å². The van der Waals surface area contributed by atoms with E-state index in [1.54, 1.807) is 30.3 Å². The average molecular weight is 653 g/mol. The predicted molar refractivity (Wildman–Crippen MR) is 162 cm³/mol. The molecule has 4 rings (SSSR count). The number of anilines is 1. The van der Waals surface area contributed by atoms with E-state index in [-0.39, 0.29) is 27.1 Å². The fourth-order valence-electron chi connectivity index (χ4n) is 3.85. The highest BCUT2D eigenvalue weighted by atomic mass is 35.5. The number of furan rings is 1. The summed E-state index contributed by atoms with van der Waals surface area (Å²) in [5.74, 6) is 0.694. The van der Waals surface area contributed by atoms with Gasteiger partial charge in [-0.05, 0) is 60.7 Å². The van der Waals surface area contributed by atoms with E-state index in [0.29, 0.717) is 32.9 Å². The summed E-state index contributed by atoms with van der Waals surface area (Å²) in [6.45, 7) is -0.672. The number of methoxy groups -OCH3 is 3. The summed E-state index contributed by atoms with van der Waals surface area (Å²) in [6.07, 6.45) is 1.26. The Hall–Kier alpha value is -3.90. The normalized spacial score (nSPS) is 11.4. The van der Waals surface area contributed by atoms with Crippen LogP contribution < -0.4 is 23.9 Å². The molecule has 0 aliphatic rings. The number of sulfonamides is 1. The number of hydrogen-bond donors (Lipinski definition) is 1. The van der Waals surface area contributed by atoms with Gasteiger partial charge in [0.25, 0.3) is 15.9 Å². The van der Waals surface area contributed by atoms with Crippen LogP contribution in [0.3, 0.4) is 0 Å². The van der Waals surface area contributed by atoms with Crippen LogP contribution >= 0.6 is 34.8 Å². The fourth-order valence-corrected chi connectivity index (χ4v) is 5.96. The van der Waals surface area contributed by atoms with E-state index in [0.717, 1.165) is 4.31 Å². The second-order valence-electron chi connectivity index (χ2n) is 8.46. The van der Waals surface area contributed by atoms with Gasteiger partial charge in [-0.1, -0.05) is 34.8 Å². The van der Waals surface area contributed by atoms with Crippen LogP contribution in [0.5, 0.6) is 17.2 Å². The molecule has 1 aromatic heterocycles. The number of nitrogens with one attached hydrogen (secondary N) is 1. The summed E-state index contributed by atoms with van der Waals surface area (Å²) in [7, 11) is -0.188. The first kappa shape index (κ1) is 31.0. The molecule has 4 aromatic rings. The van der Waals surface area contributed by atoms with E-state index in [2.05, 4.69) is 10.5 Å². The number of hydrogen-bond acceptors (Lipinski definition) is 8. The summed E-state index contributed by atoms with van der Waals surface area (Å²) in [4.78, 5) is 12.8. The molecule has 42 heavy (non-hydrogen) atoms. The van der Waals surface area contributed by atoms with Gasteiger partial charge in [-0.25, -0.2) is 13.8 Å². The van der Waals surface area contributed by atoms with Crippen LogP contribution in [0.1, 0.15) is 5.76 Å². The third-order valence-electron chi connectivity index (χ3n) is 5.84. The molecule has 220 valence electrons. The van der Waals surface area contributed by atoms with E-state index in [4.69, 9.17) is 53.4 Å². The zero-order valence-corrected chi connectivity index (χ0v) is 25.5. The highest BCUT2D eigenvalue weighted by molar-refractivity contribution is 7.92. The van der Waals surface area contributed by atoms with Crippen LogP contribution in [0, 0.1) is 0 Å². The van der Waals surface area contributed by atoms with Crippen molar-refractivity contribution in [2.24, 2.45) is 5.10 Å². The van der Waals surface area contributed by atoms with Gasteiger partial charge in [-0.3, -0.25) is 9.10 Å². The number of hydrazone groups is 1. The maximum atomic E-state index is 13.9. The Morgan fingerprint density at radius 1 is 0.881 bits per heavy atom. The molecule has 1 heterocycles. The van der Waals surface area contributed by atoms with Crippen molar-refractivity contribution in [3.05, 3.63) is 87.6 Å². The summed E-state index contributed by atoms with van der Waals surface area (Å²) in [5, 5.41) is 5.02. The van der Waals surface area contributed by atoms with Gasteiger partial charge in [0, 0.05) is 21.7 Å². The molecule has 14 heteroatoms. The molecule has 0 aliphatic carbocycles. The minimum atomic E-state index is -4.36. The van der Waals surface area contributed by atoms with Crippen LogP contribution in [0.4, 0.5) is 5.69 Å². The molecule has 0 radical (unpaired) electrons. The number of rotatable bonds is 11. The zero-order chi connectivity index (χ0) is 30.4. The fraction of sp³-hybridized carbons (Fsp3) is 0.143. The van der Waals surface area contributed by atoms with Gasteiger partial charge in [0.1, 0.15) is 23.8 Å². The van der Waals surface area contributed by atoms with E-state index >= 15 is 0 Å². The molecule has 0 aliphatic heterocycles. The maximum absolute atomic E-state index is 13.9. The Morgan fingerprint density at radius 3 is 2.24 bits per heavy atom. The first-order valence-corrected chi connectivity index (χ1v) is 14.6. The largest absolute Gasteiger partial charge is 0.495 e. The number of carbonyl (C=O) groups excluding carboxylic acids is 1. The van der Waals surface area contributed by atoms with Crippen molar-refractivity contribution >= 4 is 62.6 Å². The Labute approximate surface area is 257 Å². The Bertz CT molecular complexity index is 1740. The van der Waals surface area contributed by atoms with Gasteiger partial charge >= 0.3 is 0 Å². The molecule has 3 aromatic carbocycles. The van der Waals surface area contributed by atoms with Crippen LogP contribution in [0.25, 0.3) is 11.3 Å². The summed E-state index contributed by atoms with van der Waals surface area (Å²) < 4.78 is 50.2. The summed E-state index contributed by atoms with van der Waals surface area (Å²) >= 11 is 18.4. The summed E-state index contributed by atoms with van der Waals surface area (Å²) in [6, 6.07) is 16.7. The zero-order valence-electron chi connectivity index (χ0n) is 22.4. The number of amides is 1. The van der Waals surface area contributed by atoms with Gasteiger partial charge in [0.05, 0.1) is 43.1 Å². The van der Waals surface area contributed by atoms with Crippen LogP contribution in [0.2, 0.25) is 15.1 Å². The first-order chi connectivity index (χ1) is 20.1. The third kappa shape index (κ3) is 6.93. The lowest BCUT2D eigenvalue weighted by Crippen LogP contribution is -2.39. The first-order valence-electron chi connectivity index (χ1n) is 12.0. The number of halogens is 3. The minimum Gasteiger partial charge on any atom is -0.495 e. The van der Waals surface area contributed by atoms with Crippen LogP contribution in [-0.2, 0) is 14.8 Å². The molecule has 0 saturated carbocycles. The lowest BCUT2D eigenvalue weighted by molar-refractivity contribution is -0.119. The molecule has 0 bridgehead atoms. The van der Waals surface area contributed by atoms with Crippen molar-refractivity contribution < 1.29 is 31.8 Å². The minimum absolute atomic E-state index is 0.0365. The Balaban J connectivity index is 1.60. The number of carbonyl (C=O) groups is 1. The van der Waals surface area contributed by atoms with Crippen molar-refractivity contribution in [1.82, 2.24) is 5.43 Å². The average Bonchev–Trinajstić information content (AvgIpc) is 3.43. The van der Waals surface area contributed by atoms with E-state index in [1.807, 2.05) is 0 Å². The quantitative estimate of drug-likeness (QED) is 0.150. The van der Waals surface area contributed by atoms with Gasteiger partial charge in [-0.2, -0.15) is 5.10 Å². The van der Waals surface area contributed by atoms with Crippen molar-refractivity contribution in [2.75, 3.05) is 32.2 Å². The number of benzene rings is 3. The number of ether oxygens (including phenoxy) is 3. The molecule has 1 N–H and O–H groups in total. The topological polar surface area (TPSA) is 120 Å². The van der Waals surface area contributed by atoms with Gasteiger partial charge in [-0.15, -0.1) is 0 Å². The standard InChI is InChI=1S/C28H24Cl3N3O7S/c1-38-25-9-5-18(30)13-23(25)34(42(36,37)20-7-11-26(39-2)27(14-20)40-3)16-28(35)33-32-15-19-6-10-24(41-19)21-8-4-17(29)12-22(21)31/h4-15H,16H2,1-3H3,(H,33,35). The number of nitrogens with zero attached hydrogens (tertiary/aromatic N) is 2. The van der Waals surface area contributed by atoms with Gasteiger partial charge in [0.2, 0.25) is 0 Å². The van der Waals surface area contributed by atoms with Gasteiger partial charge in [0.15, 0.2) is 11.5 Å². The van der Waals surface area contributed by atoms with Crippen LogP contribution in [-0.4, -0.2) is 48.4 Å². The summed E-state index contributed by atoms with van der Waals surface area (Å²) in [5.41, 5.74) is 2.98. The smallest absolute Gasteiger partial charge is 0.265 e. The predicted octanol–water partition coefficient (Wildman–Crippen LogP) is 6.28. The second kappa shape index (κ2) is 13.4. The lowest BCUT2D eigenvalue weighted by Gasteiger charge is -2.25. The molecule has 0 fully saturated rings. The van der Waals surface area contributed by atoms with Crippen LogP contribution in [0.15, 0.2) is 81.1 Å². The van der Waals surface area contributed by atoms with Crippen molar-refractivity contribution in [1.29, 1.82) is 0 Å². The van der Waals surface area contributed by atoms with Crippen molar-refractivity contribution in [3.8, 4) is 28.6 Å². The monoisotopic (exact) mass is 651 g/mol. The molecule has 0 atom stereocenters. The molecule has 1 amide bonds. The molecule has 0 unspecified atom stereocenters. The lowest BCUT2D eigenvalue weighted by atomic mass is 10.2. The third-order valence-corrected chi connectivity index (χ3v) is 8.38. The van der Waals surface area contributed by atoms with E-state index in [1.165, 1.54) is 63.9 Å².